The summed E-state index contributed by atoms with van der Waals surface area (Å²) in [5, 5.41) is 2.99. The smallest absolute Gasteiger partial charge is 0.341 e. The van der Waals surface area contributed by atoms with E-state index in [1.807, 2.05) is 20.8 Å². The second-order valence-electron chi connectivity index (χ2n) is 8.27. The van der Waals surface area contributed by atoms with Crippen LogP contribution >= 0.6 is 0 Å². The molecule has 2 rings (SSSR count). The first-order valence-electron chi connectivity index (χ1n) is 11.3. The van der Waals surface area contributed by atoms with Gasteiger partial charge < -0.3 is 19.5 Å². The third kappa shape index (κ3) is 6.21. The molecule has 1 saturated carbocycles. The van der Waals surface area contributed by atoms with Gasteiger partial charge in [-0.1, -0.05) is 27.2 Å². The number of hydrogen-bond donors (Lipinski definition) is 1. The molecule has 6 nitrogen and oxygen atoms in total. The van der Waals surface area contributed by atoms with Gasteiger partial charge in [-0.2, -0.15) is 0 Å². The summed E-state index contributed by atoms with van der Waals surface area (Å²) in [7, 11) is 0. The summed E-state index contributed by atoms with van der Waals surface area (Å²) < 4.78 is 17.2. The molecule has 3 unspecified atom stereocenters. The lowest BCUT2D eigenvalue weighted by atomic mass is 9.78. The van der Waals surface area contributed by atoms with Crippen molar-refractivity contribution in [3.8, 4) is 5.75 Å². The van der Waals surface area contributed by atoms with Gasteiger partial charge in [-0.3, -0.25) is 4.79 Å². The van der Waals surface area contributed by atoms with E-state index >= 15 is 0 Å². The second kappa shape index (κ2) is 11.3. The maximum Gasteiger partial charge on any atom is 0.341 e. The van der Waals surface area contributed by atoms with E-state index in [0.717, 1.165) is 25.7 Å². The van der Waals surface area contributed by atoms with Crippen LogP contribution in [0.25, 0.3) is 0 Å². The minimum atomic E-state index is -0.816. The van der Waals surface area contributed by atoms with Crippen molar-refractivity contribution in [1.29, 1.82) is 0 Å². The number of carbonyl (C=O) groups excluding carboxylic acids is 2. The zero-order chi connectivity index (χ0) is 22.1. The van der Waals surface area contributed by atoms with E-state index in [4.69, 9.17) is 14.2 Å². The van der Waals surface area contributed by atoms with Crippen molar-refractivity contribution in [2.24, 2.45) is 5.92 Å². The van der Waals surface area contributed by atoms with Crippen molar-refractivity contribution in [2.45, 2.75) is 84.8 Å². The van der Waals surface area contributed by atoms with Crippen molar-refractivity contribution in [1.82, 2.24) is 0 Å². The van der Waals surface area contributed by atoms with Gasteiger partial charge >= 0.3 is 5.97 Å². The van der Waals surface area contributed by atoms with E-state index in [-0.39, 0.29) is 18.6 Å². The minimum Gasteiger partial charge on any atom is -0.490 e. The summed E-state index contributed by atoms with van der Waals surface area (Å²) >= 11 is 0. The highest BCUT2D eigenvalue weighted by atomic mass is 16.5. The van der Waals surface area contributed by atoms with Crippen LogP contribution in [-0.4, -0.2) is 36.8 Å². The zero-order valence-corrected chi connectivity index (χ0v) is 19.1. The molecule has 0 aliphatic heterocycles. The molecule has 0 radical (unpaired) electrons. The minimum absolute atomic E-state index is 0.0342. The first-order valence-corrected chi connectivity index (χ1v) is 11.3. The largest absolute Gasteiger partial charge is 0.490 e. The molecule has 1 aliphatic carbocycles. The molecule has 1 aromatic carbocycles. The molecular weight excluding hydrogens is 382 g/mol. The highest BCUT2D eigenvalue weighted by molar-refractivity contribution is 5.99. The Hall–Kier alpha value is -2.08. The van der Waals surface area contributed by atoms with Crippen molar-refractivity contribution in [3.05, 3.63) is 23.8 Å². The Morgan fingerprint density at radius 2 is 2.03 bits per heavy atom. The number of anilines is 1. The summed E-state index contributed by atoms with van der Waals surface area (Å²) in [5.41, 5.74) is 0.0386. The number of nitrogens with one attached hydrogen (secondary N) is 1. The van der Waals surface area contributed by atoms with Crippen LogP contribution < -0.4 is 10.1 Å². The molecule has 0 bridgehead atoms. The number of benzene rings is 1. The normalized spacial score (nSPS) is 22.2. The molecule has 0 heterocycles. The Balaban J connectivity index is 2.27. The van der Waals surface area contributed by atoms with Crippen molar-refractivity contribution in [2.75, 3.05) is 18.5 Å². The van der Waals surface area contributed by atoms with Crippen LogP contribution in [0.1, 0.15) is 83.5 Å². The van der Waals surface area contributed by atoms with Crippen molar-refractivity contribution < 1.29 is 23.8 Å². The first-order chi connectivity index (χ1) is 14.3. The number of rotatable bonds is 10. The van der Waals surface area contributed by atoms with Gasteiger partial charge in [0, 0.05) is 12.3 Å². The average molecular weight is 420 g/mol. The molecule has 0 aromatic heterocycles. The predicted molar refractivity (Wildman–Crippen MR) is 118 cm³/mol. The standard InChI is InChI=1S/C24H37NO5/c1-6-14-29-24(13-9-10-17(4)16-24)23(27)25-19-11-12-21(30-18(5)7-2)20(15-19)22(26)28-8-3/h11-12,15,17-18H,6-10,13-14,16H2,1-5H3,(H,25,27). The molecule has 1 amide bonds. The van der Waals surface area contributed by atoms with Crippen LogP contribution in [0.4, 0.5) is 5.69 Å². The van der Waals surface area contributed by atoms with Gasteiger partial charge in [-0.05, 0) is 70.1 Å². The molecule has 6 heteroatoms. The maximum absolute atomic E-state index is 13.3. The van der Waals surface area contributed by atoms with Crippen molar-refractivity contribution >= 4 is 17.6 Å². The summed E-state index contributed by atoms with van der Waals surface area (Å²) in [6.45, 7) is 10.8. The van der Waals surface area contributed by atoms with Gasteiger partial charge in [0.15, 0.2) is 0 Å². The Morgan fingerprint density at radius 3 is 2.67 bits per heavy atom. The van der Waals surface area contributed by atoms with Crippen LogP contribution in [0.15, 0.2) is 18.2 Å². The van der Waals surface area contributed by atoms with Crippen LogP contribution in [-0.2, 0) is 14.3 Å². The van der Waals surface area contributed by atoms with E-state index in [9.17, 15) is 9.59 Å². The van der Waals surface area contributed by atoms with Crippen LogP contribution in [0.5, 0.6) is 5.75 Å². The van der Waals surface area contributed by atoms with Gasteiger partial charge in [-0.25, -0.2) is 4.79 Å². The molecule has 168 valence electrons. The third-order valence-electron chi connectivity index (χ3n) is 5.59. The van der Waals surface area contributed by atoms with Crippen LogP contribution in [0, 0.1) is 5.92 Å². The van der Waals surface area contributed by atoms with Gasteiger partial charge in [-0.15, -0.1) is 0 Å². The number of ether oxygens (including phenoxy) is 3. The highest BCUT2D eigenvalue weighted by Gasteiger charge is 2.42. The number of amides is 1. The monoisotopic (exact) mass is 419 g/mol. The van der Waals surface area contributed by atoms with E-state index in [1.54, 1.807) is 25.1 Å². The Bertz CT molecular complexity index is 720. The molecule has 0 spiro atoms. The summed E-state index contributed by atoms with van der Waals surface area (Å²) in [4.78, 5) is 25.8. The van der Waals surface area contributed by atoms with Crippen LogP contribution in [0.3, 0.4) is 0 Å². The summed E-state index contributed by atoms with van der Waals surface area (Å²) in [5.74, 6) is 0.287. The lowest BCUT2D eigenvalue weighted by molar-refractivity contribution is -0.148. The molecule has 1 aliphatic rings. The second-order valence-corrected chi connectivity index (χ2v) is 8.27. The lowest BCUT2D eigenvalue weighted by Gasteiger charge is -2.38. The summed E-state index contributed by atoms with van der Waals surface area (Å²) in [6.07, 6.45) is 5.14. The van der Waals surface area contributed by atoms with E-state index in [0.29, 0.717) is 42.4 Å². The van der Waals surface area contributed by atoms with Gasteiger partial charge in [0.05, 0.1) is 12.7 Å². The molecule has 1 N–H and O–H groups in total. The fourth-order valence-corrected chi connectivity index (χ4v) is 3.83. The third-order valence-corrected chi connectivity index (χ3v) is 5.59. The van der Waals surface area contributed by atoms with Crippen LogP contribution in [0.2, 0.25) is 0 Å². The fourth-order valence-electron chi connectivity index (χ4n) is 3.83. The summed E-state index contributed by atoms with van der Waals surface area (Å²) in [6, 6.07) is 5.11. The van der Waals surface area contributed by atoms with Gasteiger partial charge in [0.2, 0.25) is 0 Å². The molecule has 1 aromatic rings. The Morgan fingerprint density at radius 1 is 1.27 bits per heavy atom. The molecule has 0 saturated heterocycles. The number of hydrogen-bond acceptors (Lipinski definition) is 5. The van der Waals surface area contributed by atoms with Crippen molar-refractivity contribution in [3.63, 3.8) is 0 Å². The molecule has 30 heavy (non-hydrogen) atoms. The fraction of sp³-hybridized carbons (Fsp3) is 0.667. The average Bonchev–Trinajstić information content (AvgIpc) is 2.73. The van der Waals surface area contributed by atoms with E-state index in [1.165, 1.54) is 0 Å². The zero-order valence-electron chi connectivity index (χ0n) is 19.1. The topological polar surface area (TPSA) is 73.9 Å². The van der Waals surface area contributed by atoms with Gasteiger partial charge in [0.25, 0.3) is 5.91 Å². The number of carbonyl (C=O) groups is 2. The molecule has 3 atom stereocenters. The van der Waals surface area contributed by atoms with Gasteiger partial charge in [0.1, 0.15) is 16.9 Å². The predicted octanol–water partition coefficient (Wildman–Crippen LogP) is 5.35. The first kappa shape index (κ1) is 24.2. The van der Waals surface area contributed by atoms with E-state index in [2.05, 4.69) is 12.2 Å². The molecule has 1 fully saturated rings. The Kier molecular flexibility index (Phi) is 9.15. The quantitative estimate of drug-likeness (QED) is 0.517. The SMILES string of the molecule is CCCOC1(C(=O)Nc2ccc(OC(C)CC)c(C(=O)OCC)c2)CCCC(C)C1. The highest BCUT2D eigenvalue weighted by Crippen LogP contribution is 2.37. The van der Waals surface area contributed by atoms with E-state index < -0.39 is 11.6 Å². The molecular formula is C24H37NO5. The Labute approximate surface area is 180 Å². The lowest BCUT2D eigenvalue weighted by Crippen LogP contribution is -2.48. The number of esters is 1. The maximum atomic E-state index is 13.3.